The smallest absolute Gasteiger partial charge is 0.408 e. The molecule has 1 heterocycles. The van der Waals surface area contributed by atoms with E-state index in [9.17, 15) is 9.59 Å². The van der Waals surface area contributed by atoms with Crippen molar-refractivity contribution >= 4 is 17.1 Å². The van der Waals surface area contributed by atoms with Crippen molar-refractivity contribution in [2.24, 2.45) is 0 Å². The van der Waals surface area contributed by atoms with E-state index in [1.54, 1.807) is 4.57 Å². The van der Waals surface area contributed by atoms with Gasteiger partial charge >= 0.3 is 11.8 Å². The van der Waals surface area contributed by atoms with Crippen LogP contribution in [-0.4, -0.2) is 26.8 Å². The molecule has 0 aliphatic carbocycles. The molecule has 132 valence electrons. The molecule has 0 atom stereocenters. The molecule has 6 heteroatoms. The molecule has 0 spiro atoms. The highest BCUT2D eigenvalue weighted by molar-refractivity contribution is 5.76. The molecule has 0 aliphatic rings. The molecule has 0 saturated heterocycles. The summed E-state index contributed by atoms with van der Waals surface area (Å²) in [5.74, 6) is 0. The molecular formula is C18H27N3O3. The second-order valence-corrected chi connectivity index (χ2v) is 7.86. The van der Waals surface area contributed by atoms with Gasteiger partial charge in [-0.25, -0.2) is 9.59 Å². The molecule has 1 aromatic heterocycles. The summed E-state index contributed by atoms with van der Waals surface area (Å²) in [6.45, 7) is 11.8. The lowest BCUT2D eigenvalue weighted by molar-refractivity contribution is 0.0466. The van der Waals surface area contributed by atoms with Crippen molar-refractivity contribution in [2.75, 3.05) is 0 Å². The molecule has 0 bridgehead atoms. The zero-order chi connectivity index (χ0) is 18.1. The highest BCUT2D eigenvalue weighted by Crippen LogP contribution is 2.16. The number of nitrogens with zero attached hydrogens (tertiary/aromatic N) is 1. The van der Waals surface area contributed by atoms with Crippen LogP contribution in [0, 0.1) is 6.92 Å². The predicted octanol–water partition coefficient (Wildman–Crippen LogP) is 3.33. The topological polar surface area (TPSA) is 76.1 Å². The van der Waals surface area contributed by atoms with Crippen LogP contribution in [0.2, 0.25) is 0 Å². The van der Waals surface area contributed by atoms with Gasteiger partial charge in [0.05, 0.1) is 11.0 Å². The number of aryl methyl sites for hydroxylation is 2. The van der Waals surface area contributed by atoms with E-state index >= 15 is 0 Å². The first-order chi connectivity index (χ1) is 11.0. The quantitative estimate of drug-likeness (QED) is 0.901. The Kier molecular flexibility index (Phi) is 4.78. The highest BCUT2D eigenvalue weighted by Gasteiger charge is 2.25. The zero-order valence-corrected chi connectivity index (χ0v) is 15.3. The predicted molar refractivity (Wildman–Crippen MR) is 95.4 cm³/mol. The molecule has 0 aliphatic heterocycles. The van der Waals surface area contributed by atoms with Crippen LogP contribution in [0.3, 0.4) is 0 Å². The largest absolute Gasteiger partial charge is 0.444 e. The summed E-state index contributed by atoms with van der Waals surface area (Å²) in [5.41, 5.74) is 1.64. The fourth-order valence-corrected chi connectivity index (χ4v) is 2.52. The Bertz CT molecular complexity index is 794. The maximum Gasteiger partial charge on any atom is 0.408 e. The average molecular weight is 333 g/mol. The highest BCUT2D eigenvalue weighted by atomic mass is 16.6. The van der Waals surface area contributed by atoms with Crippen molar-refractivity contribution in [3.8, 4) is 0 Å². The lowest BCUT2D eigenvalue weighted by atomic mass is 10.0. The van der Waals surface area contributed by atoms with Gasteiger partial charge in [0.25, 0.3) is 0 Å². The number of rotatable bonds is 4. The van der Waals surface area contributed by atoms with Gasteiger partial charge in [-0.15, -0.1) is 0 Å². The number of imidazole rings is 1. The first-order valence-electron chi connectivity index (χ1n) is 8.17. The van der Waals surface area contributed by atoms with Crippen molar-refractivity contribution in [3.05, 3.63) is 34.2 Å². The van der Waals surface area contributed by atoms with Crippen LogP contribution in [-0.2, 0) is 11.3 Å². The van der Waals surface area contributed by atoms with Crippen molar-refractivity contribution in [2.45, 2.75) is 65.6 Å². The van der Waals surface area contributed by atoms with Gasteiger partial charge in [-0.05, 0) is 65.7 Å². The molecule has 0 fully saturated rings. The van der Waals surface area contributed by atoms with Gasteiger partial charge < -0.3 is 15.0 Å². The molecular weight excluding hydrogens is 306 g/mol. The number of alkyl carbamates (subject to hydrolysis) is 1. The molecule has 0 radical (unpaired) electrons. The van der Waals surface area contributed by atoms with Gasteiger partial charge in [-0.1, -0.05) is 6.07 Å². The number of carbonyl (C=O) groups is 1. The van der Waals surface area contributed by atoms with Crippen LogP contribution in [0.1, 0.15) is 46.6 Å². The number of benzene rings is 1. The van der Waals surface area contributed by atoms with Crippen molar-refractivity contribution in [1.29, 1.82) is 0 Å². The van der Waals surface area contributed by atoms with Crippen LogP contribution in [0.4, 0.5) is 4.79 Å². The Morgan fingerprint density at radius 3 is 2.54 bits per heavy atom. The molecule has 2 N–H and O–H groups in total. The third-order valence-corrected chi connectivity index (χ3v) is 3.73. The van der Waals surface area contributed by atoms with Crippen molar-refractivity contribution in [3.63, 3.8) is 0 Å². The van der Waals surface area contributed by atoms with E-state index < -0.39 is 17.2 Å². The van der Waals surface area contributed by atoms with E-state index in [-0.39, 0.29) is 5.69 Å². The lowest BCUT2D eigenvalue weighted by Crippen LogP contribution is -2.46. The van der Waals surface area contributed by atoms with E-state index in [2.05, 4.69) is 10.3 Å². The second kappa shape index (κ2) is 6.34. The van der Waals surface area contributed by atoms with E-state index in [4.69, 9.17) is 4.74 Å². The Balaban J connectivity index is 2.09. The maximum atomic E-state index is 12.2. The van der Waals surface area contributed by atoms with Crippen LogP contribution in [0.15, 0.2) is 23.0 Å². The van der Waals surface area contributed by atoms with Crippen molar-refractivity contribution < 1.29 is 9.53 Å². The van der Waals surface area contributed by atoms with Crippen LogP contribution in [0.5, 0.6) is 0 Å². The molecule has 1 aromatic carbocycles. The molecule has 0 saturated carbocycles. The van der Waals surface area contributed by atoms with E-state index in [1.807, 2.05) is 59.7 Å². The maximum absolute atomic E-state index is 12.2. The normalized spacial score (nSPS) is 12.4. The van der Waals surface area contributed by atoms with Crippen LogP contribution < -0.4 is 11.0 Å². The summed E-state index contributed by atoms with van der Waals surface area (Å²) in [4.78, 5) is 27.0. The van der Waals surface area contributed by atoms with Gasteiger partial charge in [0.2, 0.25) is 0 Å². The molecule has 1 amide bonds. The number of nitrogens with one attached hydrogen (secondary N) is 2. The summed E-state index contributed by atoms with van der Waals surface area (Å²) in [7, 11) is 0. The zero-order valence-electron chi connectivity index (χ0n) is 15.3. The third-order valence-electron chi connectivity index (χ3n) is 3.73. The first kappa shape index (κ1) is 18.1. The number of ether oxygens (including phenoxy) is 1. The average Bonchev–Trinajstić information content (AvgIpc) is 2.68. The number of carbonyl (C=O) groups excluding carboxylic acids is 1. The van der Waals surface area contributed by atoms with Gasteiger partial charge in [-0.2, -0.15) is 0 Å². The van der Waals surface area contributed by atoms with E-state index in [1.165, 1.54) is 0 Å². The number of aromatic amines is 1. The molecule has 6 nitrogen and oxygen atoms in total. The van der Waals surface area contributed by atoms with E-state index in [0.717, 1.165) is 16.6 Å². The summed E-state index contributed by atoms with van der Waals surface area (Å²) in [6, 6.07) is 5.87. The molecule has 24 heavy (non-hydrogen) atoms. The molecule has 0 unspecified atom stereocenters. The number of hydrogen-bond donors (Lipinski definition) is 2. The number of fused-ring (bicyclic) bond motifs is 1. The van der Waals surface area contributed by atoms with Crippen molar-refractivity contribution in [1.82, 2.24) is 14.9 Å². The Hall–Kier alpha value is -2.24. The third kappa shape index (κ3) is 4.63. The fourth-order valence-electron chi connectivity index (χ4n) is 2.52. The Labute approximate surface area is 142 Å². The minimum absolute atomic E-state index is 0.135. The summed E-state index contributed by atoms with van der Waals surface area (Å²) < 4.78 is 7.00. The lowest BCUT2D eigenvalue weighted by Gasteiger charge is -2.28. The SMILES string of the molecule is Cc1ccc2[nH]c(=O)n(CCC(C)(C)NC(=O)OC(C)(C)C)c2c1. The number of amides is 1. The molecule has 2 aromatic rings. The van der Waals surface area contributed by atoms with Gasteiger partial charge in [-0.3, -0.25) is 4.57 Å². The summed E-state index contributed by atoms with van der Waals surface area (Å²) in [6.07, 6.45) is 0.155. The van der Waals surface area contributed by atoms with E-state index in [0.29, 0.717) is 13.0 Å². The number of hydrogen-bond acceptors (Lipinski definition) is 3. The standard InChI is InChI=1S/C18H27N3O3/c1-12-7-8-13-14(11-12)21(15(22)19-13)10-9-18(5,6)20-16(23)24-17(2,3)4/h7-8,11H,9-10H2,1-6H3,(H,19,22)(H,20,23). The minimum atomic E-state index is -0.536. The van der Waals surface area contributed by atoms with Gasteiger partial charge in [0, 0.05) is 12.1 Å². The number of H-pyrrole nitrogens is 1. The number of aromatic nitrogens is 2. The summed E-state index contributed by atoms with van der Waals surface area (Å²) >= 11 is 0. The Morgan fingerprint density at radius 2 is 1.92 bits per heavy atom. The Morgan fingerprint density at radius 1 is 1.25 bits per heavy atom. The van der Waals surface area contributed by atoms with Crippen LogP contribution >= 0.6 is 0 Å². The first-order valence-corrected chi connectivity index (χ1v) is 8.17. The summed E-state index contributed by atoms with van der Waals surface area (Å²) in [5, 5.41) is 2.87. The molecule has 2 rings (SSSR count). The van der Waals surface area contributed by atoms with Gasteiger partial charge in [0.1, 0.15) is 5.60 Å². The fraction of sp³-hybridized carbons (Fsp3) is 0.556. The van der Waals surface area contributed by atoms with Gasteiger partial charge in [0.15, 0.2) is 0 Å². The minimum Gasteiger partial charge on any atom is -0.444 e. The monoisotopic (exact) mass is 333 g/mol. The second-order valence-electron chi connectivity index (χ2n) is 7.86. The van der Waals surface area contributed by atoms with Crippen LogP contribution in [0.25, 0.3) is 11.0 Å².